The maximum absolute atomic E-state index is 13.6. The molecule has 0 bridgehead atoms. The molecular formula is C9H8Br2F2O. The van der Waals surface area contributed by atoms with Crippen molar-refractivity contribution >= 4 is 31.9 Å². The van der Waals surface area contributed by atoms with Crippen molar-refractivity contribution in [2.24, 2.45) is 0 Å². The number of hydrogen-bond acceptors (Lipinski definition) is 1. The molecule has 0 aromatic heterocycles. The van der Waals surface area contributed by atoms with Crippen LogP contribution in [0.15, 0.2) is 10.5 Å². The second-order valence-electron chi connectivity index (χ2n) is 2.82. The van der Waals surface area contributed by atoms with Crippen LogP contribution in [-0.4, -0.2) is 5.11 Å². The van der Waals surface area contributed by atoms with Crippen LogP contribution in [0, 0.1) is 11.6 Å². The van der Waals surface area contributed by atoms with Gasteiger partial charge < -0.3 is 5.11 Å². The molecule has 0 aliphatic carbocycles. The summed E-state index contributed by atoms with van der Waals surface area (Å²) in [7, 11) is 0. The van der Waals surface area contributed by atoms with Gasteiger partial charge in [-0.1, -0.05) is 31.9 Å². The van der Waals surface area contributed by atoms with Crippen LogP contribution in [0.4, 0.5) is 8.78 Å². The topological polar surface area (TPSA) is 20.2 Å². The van der Waals surface area contributed by atoms with Crippen LogP contribution in [0.1, 0.15) is 22.9 Å². The van der Waals surface area contributed by atoms with Gasteiger partial charge >= 0.3 is 0 Å². The number of aliphatic hydroxyl groups is 1. The van der Waals surface area contributed by atoms with Crippen LogP contribution in [0.25, 0.3) is 0 Å². The SMILES string of the molecule is CC(Br)c1c(Br)cc(F)c(CO)c1F. The molecule has 1 atom stereocenters. The van der Waals surface area contributed by atoms with E-state index >= 15 is 0 Å². The molecule has 0 saturated carbocycles. The van der Waals surface area contributed by atoms with Crippen LogP contribution in [-0.2, 0) is 6.61 Å². The molecule has 0 fully saturated rings. The predicted molar refractivity (Wildman–Crippen MR) is 57.3 cm³/mol. The van der Waals surface area contributed by atoms with E-state index in [0.29, 0.717) is 10.0 Å². The highest BCUT2D eigenvalue weighted by Crippen LogP contribution is 2.34. The Bertz CT molecular complexity index is 353. The summed E-state index contributed by atoms with van der Waals surface area (Å²) in [5.74, 6) is -1.45. The summed E-state index contributed by atoms with van der Waals surface area (Å²) >= 11 is 6.27. The first-order valence-electron chi connectivity index (χ1n) is 3.90. The van der Waals surface area contributed by atoms with Gasteiger partial charge in [0.15, 0.2) is 0 Å². The lowest BCUT2D eigenvalue weighted by Crippen LogP contribution is -2.02. The van der Waals surface area contributed by atoms with Gasteiger partial charge in [0.1, 0.15) is 11.6 Å². The third kappa shape index (κ3) is 2.15. The van der Waals surface area contributed by atoms with Crippen molar-refractivity contribution in [2.75, 3.05) is 0 Å². The Morgan fingerprint density at radius 1 is 1.50 bits per heavy atom. The zero-order chi connectivity index (χ0) is 10.9. The fourth-order valence-electron chi connectivity index (χ4n) is 1.16. The van der Waals surface area contributed by atoms with Crippen molar-refractivity contribution in [1.29, 1.82) is 0 Å². The smallest absolute Gasteiger partial charge is 0.137 e. The van der Waals surface area contributed by atoms with Crippen molar-refractivity contribution in [2.45, 2.75) is 18.4 Å². The molecule has 1 N–H and O–H groups in total. The fourth-order valence-corrected chi connectivity index (χ4v) is 2.63. The van der Waals surface area contributed by atoms with Gasteiger partial charge in [0.2, 0.25) is 0 Å². The molecule has 1 aromatic rings. The van der Waals surface area contributed by atoms with Crippen LogP contribution in [0.5, 0.6) is 0 Å². The highest BCUT2D eigenvalue weighted by Gasteiger charge is 2.19. The first kappa shape index (κ1) is 12.1. The first-order valence-corrected chi connectivity index (χ1v) is 5.61. The van der Waals surface area contributed by atoms with E-state index in [1.807, 2.05) is 0 Å². The standard InChI is InChI=1S/C9H8Br2F2O/c1-4(10)8-6(11)2-7(12)5(3-14)9(8)13/h2,4,14H,3H2,1H3. The predicted octanol–water partition coefficient (Wildman–Crippen LogP) is 3.68. The lowest BCUT2D eigenvalue weighted by molar-refractivity contribution is 0.268. The second kappa shape index (κ2) is 4.68. The summed E-state index contributed by atoms with van der Waals surface area (Å²) in [5.41, 5.74) is 0.0185. The number of alkyl halides is 1. The molecule has 5 heteroatoms. The maximum atomic E-state index is 13.6. The highest BCUT2D eigenvalue weighted by atomic mass is 79.9. The summed E-state index contributed by atoms with van der Waals surface area (Å²) in [6.45, 7) is 1.08. The molecule has 1 rings (SSSR count). The molecule has 0 heterocycles. The van der Waals surface area contributed by atoms with Gasteiger partial charge in [-0.2, -0.15) is 0 Å². The van der Waals surface area contributed by atoms with Gasteiger partial charge in [0, 0.05) is 20.4 Å². The van der Waals surface area contributed by atoms with Gasteiger partial charge in [-0.25, -0.2) is 8.78 Å². The van der Waals surface area contributed by atoms with E-state index in [-0.39, 0.29) is 10.4 Å². The lowest BCUT2D eigenvalue weighted by Gasteiger charge is -2.12. The Morgan fingerprint density at radius 3 is 2.50 bits per heavy atom. The number of aliphatic hydroxyl groups excluding tert-OH is 1. The number of rotatable bonds is 2. The van der Waals surface area contributed by atoms with Crippen molar-refractivity contribution < 1.29 is 13.9 Å². The number of hydrogen-bond donors (Lipinski definition) is 1. The number of halogens is 4. The zero-order valence-corrected chi connectivity index (χ0v) is 10.5. The van der Waals surface area contributed by atoms with E-state index in [0.717, 1.165) is 6.07 Å². The minimum absolute atomic E-state index is 0.247. The molecule has 0 aliphatic rings. The van der Waals surface area contributed by atoms with Crippen LogP contribution in [0.3, 0.4) is 0 Å². The average molecular weight is 330 g/mol. The van der Waals surface area contributed by atoms with E-state index in [9.17, 15) is 8.78 Å². The van der Waals surface area contributed by atoms with Crippen molar-refractivity contribution in [3.05, 3.63) is 33.3 Å². The summed E-state index contributed by atoms with van der Waals surface area (Å²) in [5, 5.41) is 8.79. The Hall–Kier alpha value is -0.0000000000000000833. The fraction of sp³-hybridized carbons (Fsp3) is 0.333. The maximum Gasteiger partial charge on any atom is 0.137 e. The van der Waals surface area contributed by atoms with Gasteiger partial charge in [0.05, 0.1) is 6.61 Å². The number of benzene rings is 1. The van der Waals surface area contributed by atoms with Gasteiger partial charge in [-0.3, -0.25) is 0 Å². The summed E-state index contributed by atoms with van der Waals surface area (Å²) < 4.78 is 27.1. The van der Waals surface area contributed by atoms with E-state index in [2.05, 4.69) is 31.9 Å². The molecule has 78 valence electrons. The lowest BCUT2D eigenvalue weighted by atomic mass is 10.1. The van der Waals surface area contributed by atoms with Gasteiger partial charge in [0.25, 0.3) is 0 Å². The van der Waals surface area contributed by atoms with Crippen molar-refractivity contribution in [3.8, 4) is 0 Å². The zero-order valence-electron chi connectivity index (χ0n) is 7.32. The Balaban J connectivity index is 3.44. The summed E-state index contributed by atoms with van der Waals surface area (Å²) in [4.78, 5) is -0.247. The second-order valence-corrected chi connectivity index (χ2v) is 5.05. The molecule has 1 nitrogen and oxygen atoms in total. The first-order chi connectivity index (χ1) is 6.49. The van der Waals surface area contributed by atoms with Crippen molar-refractivity contribution in [3.63, 3.8) is 0 Å². The monoisotopic (exact) mass is 328 g/mol. The summed E-state index contributed by atoms with van der Waals surface area (Å²) in [6.07, 6.45) is 0. The third-order valence-corrected chi connectivity index (χ3v) is 2.97. The van der Waals surface area contributed by atoms with Crippen molar-refractivity contribution in [1.82, 2.24) is 0 Å². The minimum atomic E-state index is -0.742. The molecule has 0 radical (unpaired) electrons. The Morgan fingerprint density at radius 2 is 2.07 bits per heavy atom. The molecule has 0 saturated heterocycles. The molecule has 0 aliphatic heterocycles. The van der Waals surface area contributed by atoms with Crippen LogP contribution >= 0.6 is 31.9 Å². The third-order valence-electron chi connectivity index (χ3n) is 1.86. The Labute approximate surface area is 97.4 Å². The van der Waals surface area contributed by atoms with E-state index in [1.165, 1.54) is 0 Å². The van der Waals surface area contributed by atoms with E-state index < -0.39 is 18.2 Å². The normalized spacial score (nSPS) is 13.0. The minimum Gasteiger partial charge on any atom is -0.391 e. The molecular weight excluding hydrogens is 322 g/mol. The Kier molecular flexibility index (Phi) is 4.04. The molecule has 14 heavy (non-hydrogen) atoms. The van der Waals surface area contributed by atoms with Crippen LogP contribution < -0.4 is 0 Å². The highest BCUT2D eigenvalue weighted by molar-refractivity contribution is 9.11. The summed E-state index contributed by atoms with van der Waals surface area (Å²) in [6, 6.07) is 1.15. The molecule has 1 aromatic carbocycles. The largest absolute Gasteiger partial charge is 0.391 e. The van der Waals surface area contributed by atoms with E-state index in [1.54, 1.807) is 6.92 Å². The van der Waals surface area contributed by atoms with Gasteiger partial charge in [-0.15, -0.1) is 0 Å². The quantitative estimate of drug-likeness (QED) is 0.821. The molecule has 0 amide bonds. The van der Waals surface area contributed by atoms with E-state index in [4.69, 9.17) is 5.11 Å². The molecule has 0 spiro atoms. The van der Waals surface area contributed by atoms with Gasteiger partial charge in [-0.05, 0) is 13.0 Å². The van der Waals surface area contributed by atoms with Crippen LogP contribution in [0.2, 0.25) is 0 Å². The average Bonchev–Trinajstić information content (AvgIpc) is 2.02. The molecule has 1 unspecified atom stereocenters.